The van der Waals surface area contributed by atoms with Crippen LogP contribution < -0.4 is 5.32 Å². The number of hydrogen-bond donors (Lipinski definition) is 1. The van der Waals surface area contributed by atoms with E-state index in [0.717, 1.165) is 12.0 Å². The molecule has 28 heavy (non-hydrogen) atoms. The molecule has 0 unspecified atom stereocenters. The van der Waals surface area contributed by atoms with Crippen LogP contribution in [0.15, 0.2) is 36.4 Å². The van der Waals surface area contributed by atoms with Crippen LogP contribution in [0.2, 0.25) is 10.0 Å². The molecular weight excluding hydrogens is 399 g/mol. The Balaban J connectivity index is 1.73. The minimum atomic E-state index is -0.352. The van der Waals surface area contributed by atoms with Crippen molar-refractivity contribution in [2.24, 2.45) is 5.92 Å². The topological polar surface area (TPSA) is 66.5 Å². The summed E-state index contributed by atoms with van der Waals surface area (Å²) in [5, 5.41) is 3.75. The second-order valence-electron chi connectivity index (χ2n) is 7.12. The molecule has 0 fully saturated rings. The molecular formula is C21H20Cl2N2O3. The number of nitrogens with one attached hydrogen (secondary N) is 1. The highest BCUT2D eigenvalue weighted by Gasteiger charge is 2.35. The molecule has 1 aliphatic heterocycles. The maximum Gasteiger partial charge on any atom is 0.261 e. The first-order valence-electron chi connectivity index (χ1n) is 9.00. The van der Waals surface area contributed by atoms with Gasteiger partial charge in [-0.05, 0) is 48.2 Å². The average molecular weight is 419 g/mol. The predicted molar refractivity (Wildman–Crippen MR) is 109 cm³/mol. The number of carbonyl (C=O) groups excluding carboxylic acids is 3. The van der Waals surface area contributed by atoms with Gasteiger partial charge in [0.05, 0.1) is 11.1 Å². The Morgan fingerprint density at radius 1 is 1.04 bits per heavy atom. The van der Waals surface area contributed by atoms with Gasteiger partial charge in [-0.15, -0.1) is 0 Å². The Labute approximate surface area is 173 Å². The zero-order valence-electron chi connectivity index (χ0n) is 15.6. The fraction of sp³-hybridized carbons (Fsp3) is 0.286. The zero-order valence-corrected chi connectivity index (χ0v) is 17.1. The molecule has 1 N–H and O–H groups in total. The maximum absolute atomic E-state index is 12.6. The van der Waals surface area contributed by atoms with Gasteiger partial charge in [0, 0.05) is 28.7 Å². The fourth-order valence-electron chi connectivity index (χ4n) is 2.96. The normalized spacial score (nSPS) is 13.2. The summed E-state index contributed by atoms with van der Waals surface area (Å²) >= 11 is 12.0. The number of amides is 3. The maximum atomic E-state index is 12.6. The molecule has 0 saturated carbocycles. The van der Waals surface area contributed by atoms with E-state index in [9.17, 15) is 14.4 Å². The van der Waals surface area contributed by atoms with E-state index >= 15 is 0 Å². The van der Waals surface area contributed by atoms with Gasteiger partial charge in [-0.3, -0.25) is 19.3 Å². The quantitative estimate of drug-likeness (QED) is 0.698. The van der Waals surface area contributed by atoms with Crippen molar-refractivity contribution in [3.63, 3.8) is 0 Å². The Kier molecular flexibility index (Phi) is 6.06. The molecule has 0 saturated heterocycles. The van der Waals surface area contributed by atoms with Crippen LogP contribution in [0.1, 0.15) is 56.9 Å². The van der Waals surface area contributed by atoms with E-state index in [1.54, 1.807) is 24.3 Å². The first kappa shape index (κ1) is 20.4. The lowest BCUT2D eigenvalue weighted by Gasteiger charge is -2.14. The molecule has 0 radical (unpaired) electrons. The van der Waals surface area contributed by atoms with Gasteiger partial charge in [-0.2, -0.15) is 0 Å². The SMILES string of the molecule is CC(C)CCN1C(=O)c2ccc(C(=O)NCc3ccc(Cl)cc3Cl)cc2C1=O. The summed E-state index contributed by atoms with van der Waals surface area (Å²) in [6.07, 6.45) is 0.737. The van der Waals surface area contributed by atoms with E-state index in [1.807, 2.05) is 13.8 Å². The third kappa shape index (κ3) is 4.21. The van der Waals surface area contributed by atoms with Crippen LogP contribution in [-0.4, -0.2) is 29.2 Å². The number of hydrogen-bond acceptors (Lipinski definition) is 3. The van der Waals surface area contributed by atoms with Crippen molar-refractivity contribution in [2.45, 2.75) is 26.8 Å². The molecule has 2 aromatic carbocycles. The molecule has 146 valence electrons. The summed E-state index contributed by atoms with van der Waals surface area (Å²) in [4.78, 5) is 38.8. The van der Waals surface area contributed by atoms with Gasteiger partial charge in [0.25, 0.3) is 17.7 Å². The van der Waals surface area contributed by atoms with Gasteiger partial charge < -0.3 is 5.32 Å². The number of nitrogens with zero attached hydrogens (tertiary/aromatic N) is 1. The zero-order chi connectivity index (χ0) is 20.4. The number of fused-ring (bicyclic) bond motifs is 1. The van der Waals surface area contributed by atoms with E-state index in [-0.39, 0.29) is 29.8 Å². The predicted octanol–water partition coefficient (Wildman–Crippen LogP) is 4.57. The fourth-order valence-corrected chi connectivity index (χ4v) is 3.44. The standard InChI is InChI=1S/C21H20Cl2N2O3/c1-12(2)7-8-25-20(27)16-6-4-13(9-17(16)21(25)28)19(26)24-11-14-3-5-15(22)10-18(14)23/h3-6,9-10,12H,7-8,11H2,1-2H3,(H,24,26). The number of halogens is 2. The van der Waals surface area contributed by atoms with Crippen molar-refractivity contribution < 1.29 is 14.4 Å². The van der Waals surface area contributed by atoms with Crippen LogP contribution in [0.5, 0.6) is 0 Å². The summed E-state index contributed by atoms with van der Waals surface area (Å²) in [5.41, 5.74) is 1.65. The van der Waals surface area contributed by atoms with Crippen molar-refractivity contribution in [3.05, 3.63) is 68.7 Å². The van der Waals surface area contributed by atoms with Crippen molar-refractivity contribution >= 4 is 40.9 Å². The number of rotatable bonds is 6. The highest BCUT2D eigenvalue weighted by molar-refractivity contribution is 6.35. The molecule has 0 aliphatic carbocycles. The van der Waals surface area contributed by atoms with Crippen molar-refractivity contribution in [2.75, 3.05) is 6.54 Å². The van der Waals surface area contributed by atoms with Crippen LogP contribution in [0.3, 0.4) is 0 Å². The van der Waals surface area contributed by atoms with E-state index in [0.29, 0.717) is 33.6 Å². The Bertz CT molecular complexity index is 957. The lowest BCUT2D eigenvalue weighted by molar-refractivity contribution is 0.0647. The third-order valence-electron chi connectivity index (χ3n) is 4.62. The molecule has 7 heteroatoms. The highest BCUT2D eigenvalue weighted by atomic mass is 35.5. The molecule has 0 bridgehead atoms. The molecule has 2 aromatic rings. The van der Waals surface area contributed by atoms with Crippen LogP contribution in [0.25, 0.3) is 0 Å². The average Bonchev–Trinajstić information content (AvgIpc) is 2.89. The van der Waals surface area contributed by atoms with E-state index in [2.05, 4.69) is 5.32 Å². The third-order valence-corrected chi connectivity index (χ3v) is 5.20. The second-order valence-corrected chi connectivity index (χ2v) is 7.97. The van der Waals surface area contributed by atoms with Gasteiger partial charge in [-0.25, -0.2) is 0 Å². The van der Waals surface area contributed by atoms with Crippen molar-refractivity contribution in [1.82, 2.24) is 10.2 Å². The Morgan fingerprint density at radius 3 is 2.43 bits per heavy atom. The summed E-state index contributed by atoms with van der Waals surface area (Å²) < 4.78 is 0. The molecule has 3 rings (SSSR count). The number of carbonyl (C=O) groups is 3. The van der Waals surface area contributed by atoms with Gasteiger partial charge in [0.1, 0.15) is 0 Å². The summed E-state index contributed by atoms with van der Waals surface area (Å²) in [7, 11) is 0. The molecule has 0 atom stereocenters. The van der Waals surface area contributed by atoms with E-state index < -0.39 is 0 Å². The van der Waals surface area contributed by atoms with Gasteiger partial charge in [0.15, 0.2) is 0 Å². The van der Waals surface area contributed by atoms with Crippen LogP contribution in [-0.2, 0) is 6.54 Å². The monoisotopic (exact) mass is 418 g/mol. The largest absolute Gasteiger partial charge is 0.348 e. The summed E-state index contributed by atoms with van der Waals surface area (Å²) in [6, 6.07) is 9.60. The molecule has 0 spiro atoms. The van der Waals surface area contributed by atoms with Gasteiger partial charge in [-0.1, -0.05) is 43.1 Å². The van der Waals surface area contributed by atoms with Crippen LogP contribution in [0, 0.1) is 5.92 Å². The Hall–Kier alpha value is -2.37. The molecule has 0 aromatic heterocycles. The van der Waals surface area contributed by atoms with Crippen molar-refractivity contribution in [1.29, 1.82) is 0 Å². The summed E-state index contributed by atoms with van der Waals surface area (Å²) in [5.74, 6) is -0.628. The smallest absolute Gasteiger partial charge is 0.261 e. The molecule has 1 heterocycles. The molecule has 3 amide bonds. The minimum absolute atomic E-state index is 0.222. The van der Waals surface area contributed by atoms with Gasteiger partial charge >= 0.3 is 0 Å². The lowest BCUT2D eigenvalue weighted by Crippen LogP contribution is -2.31. The minimum Gasteiger partial charge on any atom is -0.348 e. The highest BCUT2D eigenvalue weighted by Crippen LogP contribution is 2.25. The van der Waals surface area contributed by atoms with Crippen molar-refractivity contribution in [3.8, 4) is 0 Å². The number of benzene rings is 2. The molecule has 1 aliphatic rings. The number of imide groups is 1. The summed E-state index contributed by atoms with van der Waals surface area (Å²) in [6.45, 7) is 4.67. The second kappa shape index (κ2) is 8.33. The molecule has 5 nitrogen and oxygen atoms in total. The Morgan fingerprint density at radius 2 is 1.75 bits per heavy atom. The first-order chi connectivity index (χ1) is 13.3. The van der Waals surface area contributed by atoms with Crippen LogP contribution >= 0.6 is 23.2 Å². The first-order valence-corrected chi connectivity index (χ1v) is 9.76. The van der Waals surface area contributed by atoms with Crippen LogP contribution in [0.4, 0.5) is 0 Å². The van der Waals surface area contributed by atoms with E-state index in [4.69, 9.17) is 23.2 Å². The lowest BCUT2D eigenvalue weighted by atomic mass is 10.1. The van der Waals surface area contributed by atoms with E-state index in [1.165, 1.54) is 17.0 Å². The van der Waals surface area contributed by atoms with Gasteiger partial charge in [0.2, 0.25) is 0 Å².